The van der Waals surface area contributed by atoms with E-state index in [0.29, 0.717) is 6.54 Å². The van der Waals surface area contributed by atoms with E-state index < -0.39 is 0 Å². The van der Waals surface area contributed by atoms with E-state index in [1.807, 2.05) is 36.4 Å². The summed E-state index contributed by atoms with van der Waals surface area (Å²) in [6.07, 6.45) is 0. The molecule has 0 bridgehead atoms. The molecule has 0 spiro atoms. The Morgan fingerprint density at radius 3 is 2.59 bits per heavy atom. The van der Waals surface area contributed by atoms with Crippen LogP contribution < -0.4 is 5.73 Å². The molecular formula is C13H11BrClNS. The summed E-state index contributed by atoms with van der Waals surface area (Å²) in [5.74, 6) is 0. The van der Waals surface area contributed by atoms with Gasteiger partial charge in [0, 0.05) is 20.8 Å². The van der Waals surface area contributed by atoms with Crippen LogP contribution in [0, 0.1) is 0 Å². The van der Waals surface area contributed by atoms with Crippen molar-refractivity contribution in [3.8, 4) is 0 Å². The maximum atomic E-state index is 6.15. The molecule has 2 rings (SSSR count). The molecule has 2 N–H and O–H groups in total. The van der Waals surface area contributed by atoms with Crippen LogP contribution in [0.5, 0.6) is 0 Å². The van der Waals surface area contributed by atoms with Gasteiger partial charge in [0.25, 0.3) is 0 Å². The van der Waals surface area contributed by atoms with Crippen LogP contribution in [-0.4, -0.2) is 0 Å². The minimum Gasteiger partial charge on any atom is -0.326 e. The highest BCUT2D eigenvalue weighted by molar-refractivity contribution is 9.10. The second kappa shape index (κ2) is 5.91. The van der Waals surface area contributed by atoms with Gasteiger partial charge in [-0.15, -0.1) is 0 Å². The normalized spacial score (nSPS) is 10.5. The zero-order valence-electron chi connectivity index (χ0n) is 8.99. The van der Waals surface area contributed by atoms with Crippen LogP contribution in [0.3, 0.4) is 0 Å². The van der Waals surface area contributed by atoms with Gasteiger partial charge >= 0.3 is 0 Å². The van der Waals surface area contributed by atoms with Crippen molar-refractivity contribution in [1.29, 1.82) is 0 Å². The molecule has 1 nitrogen and oxygen atoms in total. The van der Waals surface area contributed by atoms with Crippen LogP contribution in [0.4, 0.5) is 0 Å². The van der Waals surface area contributed by atoms with Crippen molar-refractivity contribution in [2.45, 2.75) is 16.3 Å². The topological polar surface area (TPSA) is 26.0 Å². The third kappa shape index (κ3) is 3.26. The first-order chi connectivity index (χ1) is 8.20. The molecule has 0 aliphatic carbocycles. The molecule has 0 radical (unpaired) electrons. The quantitative estimate of drug-likeness (QED) is 0.883. The van der Waals surface area contributed by atoms with Crippen molar-refractivity contribution in [2.24, 2.45) is 5.73 Å². The minimum atomic E-state index is 0.528. The highest BCUT2D eigenvalue weighted by Gasteiger charge is 2.06. The predicted octanol–water partition coefficient (Wildman–Crippen LogP) is 4.71. The van der Waals surface area contributed by atoms with Crippen molar-refractivity contribution < 1.29 is 0 Å². The molecule has 0 amide bonds. The molecule has 4 heteroatoms. The molecule has 0 aliphatic heterocycles. The van der Waals surface area contributed by atoms with Crippen LogP contribution in [0.2, 0.25) is 5.02 Å². The SMILES string of the molecule is NCc1ccc(Br)cc1Sc1ccccc1Cl. The summed E-state index contributed by atoms with van der Waals surface area (Å²) in [5, 5.41) is 0.764. The molecule has 0 aliphatic rings. The zero-order valence-corrected chi connectivity index (χ0v) is 12.1. The van der Waals surface area contributed by atoms with E-state index in [2.05, 4.69) is 22.0 Å². The Morgan fingerprint density at radius 1 is 1.12 bits per heavy atom. The Hall–Kier alpha value is -0.480. The van der Waals surface area contributed by atoms with Gasteiger partial charge in [0.1, 0.15) is 0 Å². The Balaban J connectivity index is 2.35. The summed E-state index contributed by atoms with van der Waals surface area (Å²) < 4.78 is 1.05. The Kier molecular flexibility index (Phi) is 4.51. The van der Waals surface area contributed by atoms with Crippen LogP contribution in [0.15, 0.2) is 56.7 Å². The molecule has 0 saturated heterocycles. The summed E-state index contributed by atoms with van der Waals surface area (Å²) in [6.45, 7) is 0.528. The number of nitrogens with two attached hydrogens (primary N) is 1. The first-order valence-corrected chi connectivity index (χ1v) is 7.10. The predicted molar refractivity (Wildman–Crippen MR) is 77.6 cm³/mol. The Labute approximate surface area is 118 Å². The summed E-state index contributed by atoms with van der Waals surface area (Å²) in [4.78, 5) is 2.18. The van der Waals surface area contributed by atoms with Crippen LogP contribution in [0.25, 0.3) is 0 Å². The van der Waals surface area contributed by atoms with Gasteiger partial charge in [-0.05, 0) is 29.8 Å². The van der Waals surface area contributed by atoms with Crippen molar-refractivity contribution in [3.05, 3.63) is 57.5 Å². The third-order valence-electron chi connectivity index (χ3n) is 2.31. The van der Waals surface area contributed by atoms with E-state index in [0.717, 1.165) is 24.8 Å². The molecule has 88 valence electrons. The summed E-state index contributed by atoms with van der Waals surface area (Å²) >= 11 is 11.3. The van der Waals surface area contributed by atoms with E-state index in [1.54, 1.807) is 11.8 Å². The summed E-state index contributed by atoms with van der Waals surface area (Å²) in [6, 6.07) is 13.9. The highest BCUT2D eigenvalue weighted by atomic mass is 79.9. The van der Waals surface area contributed by atoms with Gasteiger partial charge < -0.3 is 5.73 Å². The minimum absolute atomic E-state index is 0.528. The van der Waals surface area contributed by atoms with E-state index in [-0.39, 0.29) is 0 Å². The molecule has 0 aromatic heterocycles. The monoisotopic (exact) mass is 327 g/mol. The van der Waals surface area contributed by atoms with Crippen LogP contribution >= 0.6 is 39.3 Å². The number of hydrogen-bond acceptors (Lipinski definition) is 2. The number of benzene rings is 2. The van der Waals surface area contributed by atoms with Crippen LogP contribution in [-0.2, 0) is 6.54 Å². The summed E-state index contributed by atoms with van der Waals surface area (Å²) in [5.41, 5.74) is 6.85. The fourth-order valence-corrected chi connectivity index (χ4v) is 3.22. The van der Waals surface area contributed by atoms with Gasteiger partial charge in [0.05, 0.1) is 5.02 Å². The smallest absolute Gasteiger partial charge is 0.0545 e. The van der Waals surface area contributed by atoms with Gasteiger partial charge in [0.15, 0.2) is 0 Å². The number of rotatable bonds is 3. The molecule has 0 saturated carbocycles. The summed E-state index contributed by atoms with van der Waals surface area (Å²) in [7, 11) is 0. The second-order valence-electron chi connectivity index (χ2n) is 3.49. The van der Waals surface area contributed by atoms with Crippen molar-refractivity contribution >= 4 is 39.3 Å². The standard InChI is InChI=1S/C13H11BrClNS/c14-10-6-5-9(8-16)13(7-10)17-12-4-2-1-3-11(12)15/h1-7H,8,16H2. The van der Waals surface area contributed by atoms with Gasteiger partial charge in [-0.2, -0.15) is 0 Å². The third-order valence-corrected chi connectivity index (χ3v) is 4.42. The van der Waals surface area contributed by atoms with Crippen molar-refractivity contribution in [2.75, 3.05) is 0 Å². The molecule has 0 unspecified atom stereocenters. The second-order valence-corrected chi connectivity index (χ2v) is 5.90. The van der Waals surface area contributed by atoms with Crippen molar-refractivity contribution in [3.63, 3.8) is 0 Å². The van der Waals surface area contributed by atoms with Gasteiger partial charge in [0.2, 0.25) is 0 Å². The molecule has 0 atom stereocenters. The molecular weight excluding hydrogens is 318 g/mol. The first-order valence-electron chi connectivity index (χ1n) is 5.11. The molecule has 2 aromatic rings. The largest absolute Gasteiger partial charge is 0.326 e. The van der Waals surface area contributed by atoms with Crippen molar-refractivity contribution in [1.82, 2.24) is 0 Å². The maximum absolute atomic E-state index is 6.15. The Bertz CT molecular complexity index is 531. The first kappa shape index (κ1) is 13.0. The molecule has 17 heavy (non-hydrogen) atoms. The van der Waals surface area contributed by atoms with Crippen LogP contribution in [0.1, 0.15) is 5.56 Å². The average molecular weight is 329 g/mol. The fraction of sp³-hybridized carbons (Fsp3) is 0.0769. The molecule has 2 aromatic carbocycles. The van der Waals surface area contributed by atoms with Gasteiger partial charge in [-0.1, -0.05) is 57.5 Å². The average Bonchev–Trinajstić information content (AvgIpc) is 2.32. The van der Waals surface area contributed by atoms with Gasteiger partial charge in [-0.3, -0.25) is 0 Å². The zero-order chi connectivity index (χ0) is 12.3. The molecule has 0 fully saturated rings. The van der Waals surface area contributed by atoms with E-state index >= 15 is 0 Å². The molecule has 0 heterocycles. The van der Waals surface area contributed by atoms with E-state index in [1.165, 1.54) is 0 Å². The maximum Gasteiger partial charge on any atom is 0.0545 e. The lowest BCUT2D eigenvalue weighted by molar-refractivity contribution is 1.02. The number of halogens is 2. The number of hydrogen-bond donors (Lipinski definition) is 1. The van der Waals surface area contributed by atoms with E-state index in [9.17, 15) is 0 Å². The lowest BCUT2D eigenvalue weighted by Gasteiger charge is -2.09. The lowest BCUT2D eigenvalue weighted by Crippen LogP contribution is -1.98. The van der Waals surface area contributed by atoms with E-state index in [4.69, 9.17) is 17.3 Å². The van der Waals surface area contributed by atoms with Gasteiger partial charge in [-0.25, -0.2) is 0 Å². The Morgan fingerprint density at radius 2 is 1.88 bits per heavy atom. The lowest BCUT2D eigenvalue weighted by atomic mass is 10.2. The fourth-order valence-electron chi connectivity index (χ4n) is 1.44. The highest BCUT2D eigenvalue weighted by Crippen LogP contribution is 2.36.